The van der Waals surface area contributed by atoms with Gasteiger partial charge in [0, 0.05) is 0 Å². The molecule has 0 aromatic heterocycles. The van der Waals surface area contributed by atoms with E-state index < -0.39 is 0 Å². The van der Waals surface area contributed by atoms with Crippen molar-refractivity contribution in [2.75, 3.05) is 14.2 Å². The van der Waals surface area contributed by atoms with Gasteiger partial charge in [0.25, 0.3) is 0 Å². The number of carbonyl (C=O) groups is 1. The van der Waals surface area contributed by atoms with Crippen LogP contribution in [0.25, 0.3) is 0 Å². The Morgan fingerprint density at radius 2 is 1.43 bits per heavy atom. The summed E-state index contributed by atoms with van der Waals surface area (Å²) in [4.78, 5) is 12.6. The summed E-state index contributed by atoms with van der Waals surface area (Å²) in [5.74, 6) is 0.932. The number of methoxy groups -OCH3 is 2. The average Bonchev–Trinajstić information content (AvgIpc) is 2.72. The lowest BCUT2D eigenvalue weighted by Crippen LogP contribution is -2.30. The van der Waals surface area contributed by atoms with Crippen molar-refractivity contribution < 1.29 is 18.7 Å². The van der Waals surface area contributed by atoms with Gasteiger partial charge in [-0.05, 0) is 53.1 Å². The van der Waals surface area contributed by atoms with E-state index in [1.54, 1.807) is 26.4 Å². The quantitative estimate of drug-likeness (QED) is 0.666. The van der Waals surface area contributed by atoms with Gasteiger partial charge in [0.1, 0.15) is 17.3 Å². The number of hydrogen-bond acceptors (Lipinski definition) is 3. The predicted molar refractivity (Wildman–Crippen MR) is 106 cm³/mol. The fourth-order valence-electron chi connectivity index (χ4n) is 3.00. The Kier molecular flexibility index (Phi) is 6.27. The minimum atomic E-state index is -0.354. The van der Waals surface area contributed by atoms with Crippen molar-refractivity contribution in [1.82, 2.24) is 5.32 Å². The van der Waals surface area contributed by atoms with Gasteiger partial charge in [-0.25, -0.2) is 4.39 Å². The molecule has 0 saturated heterocycles. The average molecular weight is 379 g/mol. The highest BCUT2D eigenvalue weighted by atomic mass is 19.1. The molecule has 0 aliphatic heterocycles. The van der Waals surface area contributed by atoms with E-state index >= 15 is 0 Å². The molecule has 1 amide bonds. The van der Waals surface area contributed by atoms with Crippen LogP contribution >= 0.6 is 0 Å². The SMILES string of the molecule is COc1ccc(C(NC(=O)Cc2cccc(F)c2)c2ccc(OC)cc2)cc1. The van der Waals surface area contributed by atoms with Gasteiger partial charge in [0.15, 0.2) is 0 Å². The Labute approximate surface area is 163 Å². The predicted octanol–water partition coefficient (Wildman–Crippen LogP) is 4.29. The van der Waals surface area contributed by atoms with E-state index in [1.165, 1.54) is 12.1 Å². The maximum atomic E-state index is 13.4. The third kappa shape index (κ3) is 4.88. The molecule has 0 atom stereocenters. The molecule has 3 aromatic rings. The van der Waals surface area contributed by atoms with E-state index in [2.05, 4.69) is 5.32 Å². The van der Waals surface area contributed by atoms with Crippen molar-refractivity contribution in [3.63, 3.8) is 0 Å². The van der Waals surface area contributed by atoms with Crippen LogP contribution in [0.3, 0.4) is 0 Å². The van der Waals surface area contributed by atoms with Gasteiger partial charge in [0.2, 0.25) is 5.91 Å². The zero-order valence-electron chi connectivity index (χ0n) is 15.8. The third-order valence-corrected chi connectivity index (χ3v) is 4.46. The van der Waals surface area contributed by atoms with Gasteiger partial charge in [-0.1, -0.05) is 36.4 Å². The smallest absolute Gasteiger partial charge is 0.225 e. The number of carbonyl (C=O) groups excluding carboxylic acids is 1. The Bertz CT molecular complexity index is 876. The number of ether oxygens (including phenoxy) is 2. The van der Waals surface area contributed by atoms with E-state index in [-0.39, 0.29) is 24.2 Å². The molecular formula is C23H22FNO3. The lowest BCUT2D eigenvalue weighted by atomic mass is 9.98. The Morgan fingerprint density at radius 3 is 1.89 bits per heavy atom. The molecule has 1 N–H and O–H groups in total. The highest BCUT2D eigenvalue weighted by Gasteiger charge is 2.18. The van der Waals surface area contributed by atoms with Gasteiger partial charge in [-0.15, -0.1) is 0 Å². The zero-order chi connectivity index (χ0) is 19.9. The van der Waals surface area contributed by atoms with Crippen LogP contribution in [-0.2, 0) is 11.2 Å². The molecular weight excluding hydrogens is 357 g/mol. The number of rotatable bonds is 7. The number of benzene rings is 3. The number of nitrogens with one attached hydrogen (secondary N) is 1. The second-order valence-electron chi connectivity index (χ2n) is 6.35. The van der Waals surface area contributed by atoms with Gasteiger partial charge < -0.3 is 14.8 Å². The van der Waals surface area contributed by atoms with Gasteiger partial charge >= 0.3 is 0 Å². The minimum absolute atomic E-state index is 0.0978. The first kappa shape index (κ1) is 19.4. The summed E-state index contributed by atoms with van der Waals surface area (Å²) < 4.78 is 23.8. The minimum Gasteiger partial charge on any atom is -0.497 e. The van der Waals surface area contributed by atoms with Gasteiger partial charge in [0.05, 0.1) is 26.7 Å². The van der Waals surface area contributed by atoms with Gasteiger partial charge in [-0.3, -0.25) is 4.79 Å². The summed E-state index contributed by atoms with van der Waals surface area (Å²) in [5.41, 5.74) is 2.46. The molecule has 0 spiro atoms. The van der Waals surface area contributed by atoms with E-state index in [1.807, 2.05) is 48.5 Å². The van der Waals surface area contributed by atoms with E-state index in [4.69, 9.17) is 9.47 Å². The standard InChI is InChI=1S/C23H22FNO3/c1-27-20-10-6-17(7-11-20)23(18-8-12-21(28-2)13-9-18)25-22(26)15-16-4-3-5-19(24)14-16/h3-14,23H,15H2,1-2H3,(H,25,26). The molecule has 0 aliphatic rings. The molecule has 0 saturated carbocycles. The van der Waals surface area contributed by atoms with Crippen LogP contribution in [0.1, 0.15) is 22.7 Å². The van der Waals surface area contributed by atoms with E-state index in [0.717, 1.165) is 22.6 Å². The maximum Gasteiger partial charge on any atom is 0.225 e. The van der Waals surface area contributed by atoms with Crippen LogP contribution in [0.5, 0.6) is 11.5 Å². The Morgan fingerprint density at radius 1 is 0.893 bits per heavy atom. The summed E-state index contributed by atoms with van der Waals surface area (Å²) in [7, 11) is 3.22. The molecule has 28 heavy (non-hydrogen) atoms. The highest BCUT2D eigenvalue weighted by Crippen LogP contribution is 2.26. The van der Waals surface area contributed by atoms with Crippen LogP contribution < -0.4 is 14.8 Å². The second kappa shape index (κ2) is 9.04. The summed E-state index contributed by atoms with van der Waals surface area (Å²) in [5, 5.41) is 3.05. The lowest BCUT2D eigenvalue weighted by molar-refractivity contribution is -0.120. The summed E-state index contributed by atoms with van der Waals surface area (Å²) >= 11 is 0. The zero-order valence-corrected chi connectivity index (χ0v) is 15.8. The monoisotopic (exact) mass is 379 g/mol. The molecule has 0 heterocycles. The first-order valence-electron chi connectivity index (χ1n) is 8.91. The van der Waals surface area contributed by atoms with Gasteiger partial charge in [-0.2, -0.15) is 0 Å². The topological polar surface area (TPSA) is 47.6 Å². The van der Waals surface area contributed by atoms with Crippen LogP contribution in [0.2, 0.25) is 0 Å². The largest absolute Gasteiger partial charge is 0.497 e. The number of hydrogen-bond donors (Lipinski definition) is 1. The summed E-state index contributed by atoms with van der Waals surface area (Å²) in [6, 6.07) is 20.8. The molecule has 3 rings (SSSR count). The number of halogens is 1. The van der Waals surface area contributed by atoms with Crippen LogP contribution in [0.4, 0.5) is 4.39 Å². The van der Waals surface area contributed by atoms with E-state index in [9.17, 15) is 9.18 Å². The molecule has 0 bridgehead atoms. The van der Waals surface area contributed by atoms with Crippen molar-refractivity contribution in [1.29, 1.82) is 0 Å². The highest BCUT2D eigenvalue weighted by molar-refractivity contribution is 5.79. The van der Waals surface area contributed by atoms with Crippen LogP contribution in [-0.4, -0.2) is 20.1 Å². The maximum absolute atomic E-state index is 13.4. The molecule has 3 aromatic carbocycles. The molecule has 4 nitrogen and oxygen atoms in total. The normalized spacial score (nSPS) is 10.6. The Hall–Kier alpha value is -3.34. The molecule has 0 radical (unpaired) electrons. The molecule has 5 heteroatoms. The first-order valence-corrected chi connectivity index (χ1v) is 8.91. The molecule has 0 aliphatic carbocycles. The molecule has 0 fully saturated rings. The van der Waals surface area contributed by atoms with Crippen LogP contribution in [0, 0.1) is 5.82 Å². The van der Waals surface area contributed by atoms with Crippen molar-refractivity contribution in [2.45, 2.75) is 12.5 Å². The lowest BCUT2D eigenvalue weighted by Gasteiger charge is -2.20. The molecule has 0 unspecified atom stereocenters. The third-order valence-electron chi connectivity index (χ3n) is 4.46. The van der Waals surface area contributed by atoms with Crippen molar-refractivity contribution >= 4 is 5.91 Å². The Balaban J connectivity index is 1.85. The van der Waals surface area contributed by atoms with Crippen LogP contribution in [0.15, 0.2) is 72.8 Å². The van der Waals surface area contributed by atoms with E-state index in [0.29, 0.717) is 5.56 Å². The fourth-order valence-corrected chi connectivity index (χ4v) is 3.00. The molecule has 144 valence electrons. The van der Waals surface area contributed by atoms with Crippen molar-refractivity contribution in [3.8, 4) is 11.5 Å². The number of amides is 1. The van der Waals surface area contributed by atoms with Crippen molar-refractivity contribution in [3.05, 3.63) is 95.3 Å². The summed E-state index contributed by atoms with van der Waals surface area (Å²) in [6.07, 6.45) is 0.0978. The first-order chi connectivity index (χ1) is 13.6. The fraction of sp³-hybridized carbons (Fsp3) is 0.174. The summed E-state index contributed by atoms with van der Waals surface area (Å²) in [6.45, 7) is 0. The second-order valence-corrected chi connectivity index (χ2v) is 6.35. The van der Waals surface area contributed by atoms with Crippen molar-refractivity contribution in [2.24, 2.45) is 0 Å².